The molecule has 0 unspecified atom stereocenters. The van der Waals surface area contributed by atoms with E-state index in [1.54, 1.807) is 18.2 Å². The number of nitrogens with zero attached hydrogens (tertiary/aromatic N) is 1. The van der Waals surface area contributed by atoms with Crippen molar-refractivity contribution in [2.45, 2.75) is 12.5 Å². The Bertz CT molecular complexity index is 1100. The fraction of sp³-hybridized carbons (Fsp3) is 0.296. The van der Waals surface area contributed by atoms with Crippen molar-refractivity contribution in [2.75, 3.05) is 44.3 Å². The highest BCUT2D eigenvalue weighted by molar-refractivity contribution is 6.35. The number of anilines is 1. The van der Waals surface area contributed by atoms with Gasteiger partial charge in [0.2, 0.25) is 0 Å². The maximum Gasteiger partial charge on any atom is 0.194 e. The number of nitrogens with one attached hydrogen (secondary N) is 1. The van der Waals surface area contributed by atoms with Crippen LogP contribution in [-0.2, 0) is 4.74 Å². The summed E-state index contributed by atoms with van der Waals surface area (Å²) in [7, 11) is 0. The molecule has 0 saturated carbocycles. The number of hydrogen-bond donors (Lipinski definition) is 1. The topological polar surface area (TPSA) is 50.8 Å². The molecule has 33 heavy (non-hydrogen) atoms. The van der Waals surface area contributed by atoms with Gasteiger partial charge in [0.05, 0.1) is 18.2 Å². The first-order valence-corrected chi connectivity index (χ1v) is 11.8. The number of ketones is 1. The molecule has 170 valence electrons. The fourth-order valence-electron chi connectivity index (χ4n) is 4.31. The lowest BCUT2D eigenvalue weighted by Crippen LogP contribution is -2.43. The Labute approximate surface area is 199 Å². The summed E-state index contributed by atoms with van der Waals surface area (Å²) in [6, 6.07) is 21.4. The molecule has 0 radical (unpaired) electrons. The van der Waals surface area contributed by atoms with Crippen molar-refractivity contribution in [1.29, 1.82) is 0 Å². The first-order valence-electron chi connectivity index (χ1n) is 11.4. The van der Waals surface area contributed by atoms with E-state index in [0.717, 1.165) is 56.1 Å². The van der Waals surface area contributed by atoms with Crippen LogP contribution in [0.2, 0.25) is 5.02 Å². The number of rotatable bonds is 6. The lowest BCUT2D eigenvalue weighted by Gasteiger charge is -2.29. The van der Waals surface area contributed by atoms with E-state index in [2.05, 4.69) is 34.5 Å². The summed E-state index contributed by atoms with van der Waals surface area (Å²) >= 11 is 6.43. The zero-order valence-corrected chi connectivity index (χ0v) is 19.2. The van der Waals surface area contributed by atoms with Gasteiger partial charge in [-0.3, -0.25) is 4.79 Å². The number of hydrogen-bond acceptors (Lipinski definition) is 5. The molecule has 2 fully saturated rings. The molecule has 0 spiro atoms. The molecule has 1 N–H and O–H groups in total. The van der Waals surface area contributed by atoms with Gasteiger partial charge in [-0.25, -0.2) is 0 Å². The number of piperazine rings is 1. The minimum absolute atomic E-state index is 0.0793. The minimum Gasteiger partial charge on any atom is -0.488 e. The molecule has 1 atom stereocenters. The maximum atomic E-state index is 13.2. The summed E-state index contributed by atoms with van der Waals surface area (Å²) in [5, 5.41) is 3.83. The Hall–Kier alpha value is -2.86. The lowest BCUT2D eigenvalue weighted by molar-refractivity contribution is 0.103. The van der Waals surface area contributed by atoms with E-state index in [9.17, 15) is 4.79 Å². The largest absolute Gasteiger partial charge is 0.488 e. The van der Waals surface area contributed by atoms with Crippen LogP contribution in [0.1, 0.15) is 22.3 Å². The molecule has 3 aromatic carbocycles. The van der Waals surface area contributed by atoms with E-state index in [1.165, 1.54) is 5.69 Å². The fourth-order valence-corrected chi connectivity index (χ4v) is 4.51. The SMILES string of the molecule is O=C(c1ccc(O[C@@H]2CCOC2)cc1)c1cc(-c2ccc(N3CCNCC3)cc2)ccc1Cl. The van der Waals surface area contributed by atoms with Gasteiger partial charge in [0.1, 0.15) is 11.9 Å². The summed E-state index contributed by atoms with van der Waals surface area (Å²) in [6.45, 7) is 5.38. The standard InChI is InChI=1S/C27H27ClN2O3/c28-26-10-5-21(19-1-6-22(7-2-19)30-14-12-29-13-15-30)17-25(26)27(31)20-3-8-23(9-4-20)33-24-11-16-32-18-24/h1-10,17,24,29H,11-16,18H2/t24-/m1/s1. The van der Waals surface area contributed by atoms with Crippen LogP contribution in [0.25, 0.3) is 11.1 Å². The zero-order valence-electron chi connectivity index (χ0n) is 18.4. The van der Waals surface area contributed by atoms with Crippen molar-refractivity contribution in [1.82, 2.24) is 5.32 Å². The Morgan fingerprint density at radius 1 is 0.970 bits per heavy atom. The molecular formula is C27H27ClN2O3. The van der Waals surface area contributed by atoms with Gasteiger partial charge in [-0.1, -0.05) is 29.8 Å². The van der Waals surface area contributed by atoms with Gasteiger partial charge in [0.15, 0.2) is 5.78 Å². The molecule has 6 heteroatoms. The summed E-state index contributed by atoms with van der Waals surface area (Å²) in [5.41, 5.74) is 4.33. The van der Waals surface area contributed by atoms with E-state index in [4.69, 9.17) is 21.1 Å². The number of carbonyl (C=O) groups excluding carboxylic acids is 1. The predicted octanol–water partition coefficient (Wildman–Crippen LogP) is 4.82. The molecule has 0 bridgehead atoms. The normalized spacial score (nSPS) is 18.3. The number of benzene rings is 3. The van der Waals surface area contributed by atoms with Gasteiger partial charge in [0.25, 0.3) is 0 Å². The van der Waals surface area contributed by atoms with Crippen LogP contribution >= 0.6 is 11.6 Å². The first-order chi connectivity index (χ1) is 16.2. The van der Waals surface area contributed by atoms with Crippen LogP contribution in [0, 0.1) is 0 Å². The Kier molecular flexibility index (Phi) is 6.63. The summed E-state index contributed by atoms with van der Waals surface area (Å²) < 4.78 is 11.2. The number of halogens is 1. The molecule has 5 rings (SSSR count). The van der Waals surface area contributed by atoms with E-state index in [0.29, 0.717) is 22.8 Å². The number of ether oxygens (including phenoxy) is 2. The Balaban J connectivity index is 1.33. The van der Waals surface area contributed by atoms with Crippen LogP contribution in [0.15, 0.2) is 66.7 Å². The third-order valence-corrected chi connectivity index (χ3v) is 6.53. The highest BCUT2D eigenvalue weighted by atomic mass is 35.5. The van der Waals surface area contributed by atoms with E-state index in [1.807, 2.05) is 24.3 Å². The average Bonchev–Trinajstić information content (AvgIpc) is 3.38. The van der Waals surface area contributed by atoms with Gasteiger partial charge in [-0.05, 0) is 59.7 Å². The van der Waals surface area contributed by atoms with Crippen molar-refractivity contribution in [3.05, 3.63) is 82.9 Å². The van der Waals surface area contributed by atoms with Gasteiger partial charge < -0.3 is 19.7 Å². The van der Waals surface area contributed by atoms with Gasteiger partial charge in [0, 0.05) is 49.4 Å². The monoisotopic (exact) mass is 462 g/mol. The molecule has 2 saturated heterocycles. The Morgan fingerprint density at radius 3 is 2.39 bits per heavy atom. The summed E-state index contributed by atoms with van der Waals surface area (Å²) in [5.74, 6) is 0.640. The predicted molar refractivity (Wildman–Crippen MR) is 132 cm³/mol. The highest BCUT2D eigenvalue weighted by Gasteiger charge is 2.18. The van der Waals surface area contributed by atoms with E-state index in [-0.39, 0.29) is 11.9 Å². The molecule has 0 amide bonds. The van der Waals surface area contributed by atoms with Crippen molar-refractivity contribution in [2.24, 2.45) is 0 Å². The lowest BCUT2D eigenvalue weighted by atomic mass is 9.98. The van der Waals surface area contributed by atoms with Crippen LogP contribution < -0.4 is 15.0 Å². The quantitative estimate of drug-likeness (QED) is 0.532. The van der Waals surface area contributed by atoms with Crippen molar-refractivity contribution < 1.29 is 14.3 Å². The summed E-state index contributed by atoms with van der Waals surface area (Å²) in [6.07, 6.45) is 0.967. The first kappa shape index (κ1) is 22.0. The van der Waals surface area contributed by atoms with Crippen LogP contribution in [-0.4, -0.2) is 51.3 Å². The summed E-state index contributed by atoms with van der Waals surface area (Å²) in [4.78, 5) is 15.6. The van der Waals surface area contributed by atoms with E-state index < -0.39 is 0 Å². The molecule has 2 aliphatic rings. The van der Waals surface area contributed by atoms with Crippen LogP contribution in [0.4, 0.5) is 5.69 Å². The molecule has 0 aromatic heterocycles. The molecule has 0 aliphatic carbocycles. The molecule has 2 aliphatic heterocycles. The highest BCUT2D eigenvalue weighted by Crippen LogP contribution is 2.29. The second-order valence-corrected chi connectivity index (χ2v) is 8.84. The number of carbonyl (C=O) groups is 1. The van der Waals surface area contributed by atoms with Crippen molar-refractivity contribution in [3.63, 3.8) is 0 Å². The molecule has 5 nitrogen and oxygen atoms in total. The van der Waals surface area contributed by atoms with Crippen LogP contribution in [0.5, 0.6) is 5.75 Å². The third-order valence-electron chi connectivity index (χ3n) is 6.20. The van der Waals surface area contributed by atoms with Crippen molar-refractivity contribution >= 4 is 23.1 Å². The molecule has 2 heterocycles. The van der Waals surface area contributed by atoms with Gasteiger partial charge >= 0.3 is 0 Å². The Morgan fingerprint density at radius 2 is 1.70 bits per heavy atom. The average molecular weight is 463 g/mol. The smallest absolute Gasteiger partial charge is 0.194 e. The van der Waals surface area contributed by atoms with Gasteiger partial charge in [-0.15, -0.1) is 0 Å². The minimum atomic E-state index is -0.102. The van der Waals surface area contributed by atoms with Crippen molar-refractivity contribution in [3.8, 4) is 16.9 Å². The second-order valence-electron chi connectivity index (χ2n) is 8.44. The van der Waals surface area contributed by atoms with Crippen LogP contribution in [0.3, 0.4) is 0 Å². The van der Waals surface area contributed by atoms with Gasteiger partial charge in [-0.2, -0.15) is 0 Å². The third kappa shape index (κ3) is 5.06. The van der Waals surface area contributed by atoms with E-state index >= 15 is 0 Å². The molecule has 3 aromatic rings. The maximum absolute atomic E-state index is 13.2. The molecular weight excluding hydrogens is 436 g/mol. The zero-order chi connectivity index (χ0) is 22.6. The second kappa shape index (κ2) is 9.96.